The van der Waals surface area contributed by atoms with E-state index in [4.69, 9.17) is 0 Å². The molecule has 0 spiro atoms. The SMILES string of the molecule is OC1([C](C[Se]c2ccccc2)c2ccccc2)CCC1. The average Bonchev–Trinajstić information content (AvgIpc) is 2.48. The zero-order valence-electron chi connectivity index (χ0n) is 11.5. The van der Waals surface area contributed by atoms with E-state index in [0.717, 1.165) is 24.6 Å². The van der Waals surface area contributed by atoms with E-state index in [2.05, 4.69) is 54.6 Å². The molecule has 1 aliphatic rings. The van der Waals surface area contributed by atoms with Crippen LogP contribution in [0.3, 0.4) is 0 Å². The van der Waals surface area contributed by atoms with Crippen molar-refractivity contribution in [3.05, 3.63) is 72.1 Å². The molecule has 0 aromatic heterocycles. The molecular weight excluding hydrogens is 311 g/mol. The minimum absolute atomic E-state index is 0.387. The van der Waals surface area contributed by atoms with Gasteiger partial charge in [0, 0.05) is 0 Å². The molecule has 1 saturated carbocycles. The third-order valence-corrected chi connectivity index (χ3v) is 6.17. The van der Waals surface area contributed by atoms with Crippen LogP contribution in [0.25, 0.3) is 0 Å². The summed E-state index contributed by atoms with van der Waals surface area (Å²) in [6.45, 7) is 0. The average molecular weight is 330 g/mol. The van der Waals surface area contributed by atoms with E-state index >= 15 is 0 Å². The van der Waals surface area contributed by atoms with Crippen LogP contribution in [0, 0.1) is 5.92 Å². The van der Waals surface area contributed by atoms with Gasteiger partial charge in [-0.15, -0.1) is 0 Å². The van der Waals surface area contributed by atoms with Gasteiger partial charge in [-0.25, -0.2) is 0 Å². The Bertz CT molecular complexity index is 534. The number of hydrogen-bond donors (Lipinski definition) is 1. The molecule has 0 bridgehead atoms. The van der Waals surface area contributed by atoms with Crippen LogP contribution in [0.4, 0.5) is 0 Å². The van der Waals surface area contributed by atoms with Crippen molar-refractivity contribution in [2.45, 2.75) is 30.2 Å². The fourth-order valence-electron chi connectivity index (χ4n) is 2.61. The second-order valence-electron chi connectivity index (χ2n) is 5.33. The van der Waals surface area contributed by atoms with E-state index in [1.165, 1.54) is 15.9 Å². The summed E-state index contributed by atoms with van der Waals surface area (Å²) in [6.07, 6.45) is 2.98. The first kappa shape index (κ1) is 13.9. The first-order valence-corrected chi connectivity index (χ1v) is 9.17. The zero-order valence-corrected chi connectivity index (χ0v) is 13.2. The fourth-order valence-corrected chi connectivity index (χ4v) is 4.91. The van der Waals surface area contributed by atoms with Crippen LogP contribution < -0.4 is 4.46 Å². The summed E-state index contributed by atoms with van der Waals surface area (Å²) in [5.41, 5.74) is 0.672. The van der Waals surface area contributed by atoms with E-state index in [9.17, 15) is 5.11 Å². The molecule has 2 heteroatoms. The van der Waals surface area contributed by atoms with Gasteiger partial charge in [-0.1, -0.05) is 0 Å². The molecule has 1 fully saturated rings. The molecule has 103 valence electrons. The molecule has 2 aromatic carbocycles. The van der Waals surface area contributed by atoms with Gasteiger partial charge in [0.1, 0.15) is 0 Å². The van der Waals surface area contributed by atoms with E-state index in [1.807, 2.05) is 6.07 Å². The molecule has 0 saturated heterocycles. The van der Waals surface area contributed by atoms with Crippen LogP contribution in [-0.4, -0.2) is 25.7 Å². The number of aliphatic hydroxyl groups is 1. The summed E-state index contributed by atoms with van der Waals surface area (Å²) < 4.78 is 1.40. The second-order valence-corrected chi connectivity index (χ2v) is 7.53. The van der Waals surface area contributed by atoms with Gasteiger partial charge in [0.05, 0.1) is 0 Å². The van der Waals surface area contributed by atoms with Crippen molar-refractivity contribution in [1.82, 2.24) is 0 Å². The molecule has 1 nitrogen and oxygen atoms in total. The molecule has 20 heavy (non-hydrogen) atoms. The van der Waals surface area contributed by atoms with Gasteiger partial charge in [0.15, 0.2) is 0 Å². The Morgan fingerprint density at radius 1 is 0.950 bits per heavy atom. The molecule has 0 heterocycles. The van der Waals surface area contributed by atoms with Crippen LogP contribution in [0.15, 0.2) is 60.7 Å². The first-order chi connectivity index (χ1) is 9.78. The standard InChI is InChI=1S/C18H19OSe/c19-18(12-7-13-18)17(15-8-3-1-4-9-15)14-20-16-10-5-2-6-11-16/h1-6,8-11,19H,7,12-14H2. The predicted octanol–water partition coefficient (Wildman–Crippen LogP) is 2.97. The van der Waals surface area contributed by atoms with E-state index < -0.39 is 5.60 Å². The Morgan fingerprint density at radius 3 is 2.10 bits per heavy atom. The van der Waals surface area contributed by atoms with Crippen molar-refractivity contribution in [3.8, 4) is 0 Å². The Hall–Kier alpha value is -1.08. The van der Waals surface area contributed by atoms with E-state index in [-0.39, 0.29) is 0 Å². The van der Waals surface area contributed by atoms with Gasteiger partial charge >= 0.3 is 127 Å². The molecule has 3 rings (SSSR count). The van der Waals surface area contributed by atoms with Crippen molar-refractivity contribution >= 4 is 19.4 Å². The summed E-state index contributed by atoms with van der Waals surface area (Å²) in [5.74, 6) is 1.24. The molecular formula is C18H19OSe. The van der Waals surface area contributed by atoms with Crippen molar-refractivity contribution in [3.63, 3.8) is 0 Å². The van der Waals surface area contributed by atoms with Gasteiger partial charge in [-0.05, 0) is 0 Å². The van der Waals surface area contributed by atoms with Crippen molar-refractivity contribution < 1.29 is 5.11 Å². The topological polar surface area (TPSA) is 20.2 Å². The Balaban J connectivity index is 1.76. The van der Waals surface area contributed by atoms with Crippen LogP contribution >= 0.6 is 0 Å². The normalized spacial score (nSPS) is 16.9. The summed E-state index contributed by atoms with van der Waals surface area (Å²) >= 11 is 0.387. The molecule has 0 unspecified atom stereocenters. The maximum atomic E-state index is 10.8. The van der Waals surface area contributed by atoms with Crippen LogP contribution in [0.2, 0.25) is 5.32 Å². The monoisotopic (exact) mass is 331 g/mol. The van der Waals surface area contributed by atoms with Crippen LogP contribution in [0.5, 0.6) is 0 Å². The molecule has 1 aliphatic carbocycles. The third-order valence-electron chi connectivity index (χ3n) is 3.99. The number of rotatable bonds is 5. The van der Waals surface area contributed by atoms with E-state index in [0.29, 0.717) is 15.0 Å². The second kappa shape index (κ2) is 6.13. The maximum absolute atomic E-state index is 10.8. The summed E-state index contributed by atoms with van der Waals surface area (Å²) in [4.78, 5) is 0. The quantitative estimate of drug-likeness (QED) is 0.836. The molecule has 1 radical (unpaired) electrons. The van der Waals surface area contributed by atoms with Gasteiger partial charge in [0.2, 0.25) is 0 Å². The van der Waals surface area contributed by atoms with E-state index in [1.54, 1.807) is 0 Å². The minimum atomic E-state index is -0.544. The molecule has 0 amide bonds. The molecule has 2 aromatic rings. The molecule has 0 aliphatic heterocycles. The molecule has 0 atom stereocenters. The van der Waals surface area contributed by atoms with Gasteiger partial charge in [-0.2, -0.15) is 0 Å². The van der Waals surface area contributed by atoms with Crippen molar-refractivity contribution in [1.29, 1.82) is 0 Å². The number of hydrogen-bond acceptors (Lipinski definition) is 1. The first-order valence-electron chi connectivity index (χ1n) is 7.10. The Kier molecular flexibility index (Phi) is 4.26. The van der Waals surface area contributed by atoms with Crippen LogP contribution in [0.1, 0.15) is 24.8 Å². The summed E-state index contributed by atoms with van der Waals surface area (Å²) in [6, 6.07) is 21.0. The molecule has 1 N–H and O–H groups in total. The van der Waals surface area contributed by atoms with Crippen molar-refractivity contribution in [2.75, 3.05) is 0 Å². The van der Waals surface area contributed by atoms with Crippen LogP contribution in [-0.2, 0) is 0 Å². The summed E-state index contributed by atoms with van der Waals surface area (Å²) in [7, 11) is 0. The predicted molar refractivity (Wildman–Crippen MR) is 84.2 cm³/mol. The van der Waals surface area contributed by atoms with Crippen molar-refractivity contribution in [2.24, 2.45) is 0 Å². The fraction of sp³-hybridized carbons (Fsp3) is 0.278. The number of benzene rings is 2. The van der Waals surface area contributed by atoms with Gasteiger partial charge < -0.3 is 0 Å². The summed E-state index contributed by atoms with van der Waals surface area (Å²) in [5, 5.41) is 11.8. The van der Waals surface area contributed by atoms with Gasteiger partial charge in [-0.3, -0.25) is 0 Å². The van der Waals surface area contributed by atoms with Gasteiger partial charge in [0.25, 0.3) is 0 Å². The zero-order chi connectivity index (χ0) is 13.8. The Labute approximate surface area is 127 Å². The Morgan fingerprint density at radius 2 is 1.55 bits per heavy atom. The third kappa shape index (κ3) is 2.98.